The van der Waals surface area contributed by atoms with E-state index in [2.05, 4.69) is 25.5 Å². The van der Waals surface area contributed by atoms with Crippen molar-refractivity contribution < 1.29 is 14.2 Å². The summed E-state index contributed by atoms with van der Waals surface area (Å²) >= 11 is 0. The molecule has 9 heteroatoms. The molecule has 4 heterocycles. The molecule has 3 aromatic rings. The number of phenolic OH excluding ortho intramolecular Hbond substituents is 1. The molecule has 2 aliphatic heterocycles. The molecule has 2 saturated heterocycles. The number of ether oxygens (including phenoxy) is 1. The first kappa shape index (κ1) is 21.5. The maximum atomic E-state index is 15.1. The fraction of sp³-hybridized carbons (Fsp3) is 0.417. The highest BCUT2D eigenvalue weighted by atomic mass is 19.1. The van der Waals surface area contributed by atoms with Gasteiger partial charge in [-0.3, -0.25) is 0 Å². The lowest BCUT2D eigenvalue weighted by atomic mass is 9.82. The first-order valence-corrected chi connectivity index (χ1v) is 11.2. The van der Waals surface area contributed by atoms with Gasteiger partial charge in [-0.2, -0.15) is 0 Å². The van der Waals surface area contributed by atoms with Crippen LogP contribution in [0.2, 0.25) is 0 Å². The number of rotatable bonds is 5. The lowest BCUT2D eigenvalue weighted by Crippen LogP contribution is -2.61. The third-order valence-electron chi connectivity index (χ3n) is 6.71. The standard InChI is InChI=1S/C24H27FN6O2/c1-31(20-11-15-4-3-5-18(28-15)24(20)25)22-9-8-17(29-30-22)16-7-6-14(10-21(16)32)19-12-27-23(33-2)13-26-19/h6-10,12-13,15,18,20,24,28,32H,3-5,11H2,1-2H3/t15-,18-,20+,24-/m0/s1. The maximum absolute atomic E-state index is 15.1. The number of fused-ring (bicyclic) bond motifs is 2. The van der Waals surface area contributed by atoms with Crippen LogP contribution in [-0.2, 0) is 0 Å². The molecule has 0 radical (unpaired) electrons. The molecule has 0 aliphatic carbocycles. The number of anilines is 1. The Morgan fingerprint density at radius 1 is 1.09 bits per heavy atom. The molecule has 33 heavy (non-hydrogen) atoms. The zero-order valence-corrected chi connectivity index (χ0v) is 18.6. The van der Waals surface area contributed by atoms with Crippen LogP contribution in [0.15, 0.2) is 42.7 Å². The van der Waals surface area contributed by atoms with Crippen molar-refractivity contribution in [1.82, 2.24) is 25.5 Å². The molecule has 8 nitrogen and oxygen atoms in total. The minimum atomic E-state index is -0.939. The van der Waals surface area contributed by atoms with Crippen LogP contribution in [-0.4, -0.2) is 63.7 Å². The van der Waals surface area contributed by atoms with Gasteiger partial charge in [-0.1, -0.05) is 12.5 Å². The van der Waals surface area contributed by atoms with E-state index in [0.29, 0.717) is 34.7 Å². The number of piperidine rings is 2. The SMILES string of the molecule is COc1cnc(-c2ccc(-c3ccc(N(C)[C@@H]4C[C@@H]5CCC[C@H](N5)[C@@H]4F)nn3)c(O)c2)cn1. The van der Waals surface area contributed by atoms with Crippen molar-refractivity contribution in [2.24, 2.45) is 0 Å². The Labute approximate surface area is 191 Å². The summed E-state index contributed by atoms with van der Waals surface area (Å²) in [5, 5.41) is 22.7. The third kappa shape index (κ3) is 4.20. The first-order valence-electron chi connectivity index (χ1n) is 11.2. The Morgan fingerprint density at radius 2 is 1.97 bits per heavy atom. The van der Waals surface area contributed by atoms with Crippen molar-refractivity contribution in [3.05, 3.63) is 42.7 Å². The van der Waals surface area contributed by atoms with Crippen LogP contribution in [0.4, 0.5) is 10.2 Å². The lowest BCUT2D eigenvalue weighted by Gasteiger charge is -2.46. The Kier molecular flexibility index (Phi) is 5.80. The summed E-state index contributed by atoms with van der Waals surface area (Å²) in [6.45, 7) is 0. The predicted molar refractivity (Wildman–Crippen MR) is 123 cm³/mol. The van der Waals surface area contributed by atoms with Crippen LogP contribution >= 0.6 is 0 Å². The highest BCUT2D eigenvalue weighted by Gasteiger charge is 2.41. The van der Waals surface area contributed by atoms with Gasteiger partial charge in [-0.05, 0) is 43.5 Å². The summed E-state index contributed by atoms with van der Waals surface area (Å²) in [5.41, 5.74) is 2.44. The molecule has 1 aromatic carbocycles. The Bertz CT molecular complexity index is 1110. The second-order valence-corrected chi connectivity index (χ2v) is 8.71. The smallest absolute Gasteiger partial charge is 0.232 e. The number of aromatic hydroxyl groups is 1. The van der Waals surface area contributed by atoms with Crippen LogP contribution in [0.25, 0.3) is 22.5 Å². The molecule has 2 aromatic heterocycles. The number of alkyl halides is 1. The van der Waals surface area contributed by atoms with E-state index in [-0.39, 0.29) is 17.8 Å². The monoisotopic (exact) mass is 450 g/mol. The Hall–Kier alpha value is -3.33. The van der Waals surface area contributed by atoms with E-state index in [4.69, 9.17) is 4.74 Å². The molecule has 4 atom stereocenters. The molecule has 0 saturated carbocycles. The van der Waals surface area contributed by atoms with Crippen molar-refractivity contribution in [2.45, 2.75) is 50.0 Å². The third-order valence-corrected chi connectivity index (χ3v) is 6.71. The summed E-state index contributed by atoms with van der Waals surface area (Å²) in [6, 6.07) is 8.93. The second-order valence-electron chi connectivity index (χ2n) is 8.71. The summed E-state index contributed by atoms with van der Waals surface area (Å²) in [5.74, 6) is 1.11. The molecule has 2 aliphatic rings. The molecule has 0 unspecified atom stereocenters. The number of hydrogen-bond donors (Lipinski definition) is 2. The molecule has 2 bridgehead atoms. The van der Waals surface area contributed by atoms with Crippen molar-refractivity contribution in [2.75, 3.05) is 19.1 Å². The zero-order valence-electron chi connectivity index (χ0n) is 18.6. The molecule has 172 valence electrons. The van der Waals surface area contributed by atoms with Gasteiger partial charge in [-0.15, -0.1) is 10.2 Å². The van der Waals surface area contributed by atoms with E-state index in [9.17, 15) is 5.11 Å². The quantitative estimate of drug-likeness (QED) is 0.611. The number of nitrogens with one attached hydrogen (secondary N) is 1. The van der Waals surface area contributed by atoms with Gasteiger partial charge in [0.1, 0.15) is 11.9 Å². The Balaban J connectivity index is 1.33. The van der Waals surface area contributed by atoms with Gasteiger partial charge in [0, 0.05) is 30.3 Å². The van der Waals surface area contributed by atoms with Gasteiger partial charge in [0.15, 0.2) is 5.82 Å². The minimum absolute atomic E-state index is 0.0653. The summed E-state index contributed by atoms with van der Waals surface area (Å²) < 4.78 is 20.1. The lowest BCUT2D eigenvalue weighted by molar-refractivity contribution is 0.107. The molecule has 0 amide bonds. The number of hydrogen-bond acceptors (Lipinski definition) is 8. The molecule has 0 spiro atoms. The second kappa shape index (κ2) is 8.90. The highest BCUT2D eigenvalue weighted by molar-refractivity contribution is 5.73. The molecule has 5 rings (SSSR count). The van der Waals surface area contributed by atoms with Crippen molar-refractivity contribution in [3.8, 4) is 34.1 Å². The van der Waals surface area contributed by atoms with Gasteiger partial charge < -0.3 is 20.1 Å². The van der Waals surface area contributed by atoms with Crippen LogP contribution in [0.5, 0.6) is 11.6 Å². The maximum Gasteiger partial charge on any atom is 0.232 e. The van der Waals surface area contributed by atoms with Crippen LogP contribution in [0.3, 0.4) is 0 Å². The van der Waals surface area contributed by atoms with Gasteiger partial charge >= 0.3 is 0 Å². The van der Waals surface area contributed by atoms with Gasteiger partial charge in [0.25, 0.3) is 0 Å². The normalized spacial score (nSPS) is 24.3. The van der Waals surface area contributed by atoms with E-state index in [1.165, 1.54) is 13.3 Å². The van der Waals surface area contributed by atoms with E-state index in [1.807, 2.05) is 24.1 Å². The average Bonchev–Trinajstić information content (AvgIpc) is 2.86. The molecular weight excluding hydrogens is 423 g/mol. The molecule has 2 N–H and O–H groups in total. The number of nitrogens with zero attached hydrogens (tertiary/aromatic N) is 5. The van der Waals surface area contributed by atoms with E-state index in [1.54, 1.807) is 24.4 Å². The van der Waals surface area contributed by atoms with Crippen LogP contribution in [0.1, 0.15) is 25.7 Å². The minimum Gasteiger partial charge on any atom is -0.507 e. The number of methoxy groups -OCH3 is 1. The topological polar surface area (TPSA) is 96.3 Å². The average molecular weight is 451 g/mol. The highest BCUT2D eigenvalue weighted by Crippen LogP contribution is 2.34. The zero-order chi connectivity index (χ0) is 22.9. The van der Waals surface area contributed by atoms with Crippen molar-refractivity contribution >= 4 is 5.82 Å². The molecular formula is C24H27FN6O2. The first-order chi connectivity index (χ1) is 16.0. The van der Waals surface area contributed by atoms with E-state index < -0.39 is 6.17 Å². The number of phenols is 1. The number of benzene rings is 1. The van der Waals surface area contributed by atoms with Crippen LogP contribution < -0.4 is 15.0 Å². The predicted octanol–water partition coefficient (Wildman–Crippen LogP) is 3.37. The van der Waals surface area contributed by atoms with Crippen LogP contribution in [0, 0.1) is 0 Å². The summed E-state index contributed by atoms with van der Waals surface area (Å²) in [4.78, 5) is 10.3. The van der Waals surface area contributed by atoms with Gasteiger partial charge in [0.2, 0.25) is 5.88 Å². The van der Waals surface area contributed by atoms with Gasteiger partial charge in [0.05, 0.1) is 36.9 Å². The van der Waals surface area contributed by atoms with E-state index in [0.717, 1.165) is 31.2 Å². The fourth-order valence-corrected chi connectivity index (χ4v) is 4.86. The largest absolute Gasteiger partial charge is 0.507 e. The van der Waals surface area contributed by atoms with Crippen molar-refractivity contribution in [1.29, 1.82) is 0 Å². The molecule has 2 fully saturated rings. The van der Waals surface area contributed by atoms with E-state index >= 15 is 4.39 Å². The number of aromatic nitrogens is 4. The summed E-state index contributed by atoms with van der Waals surface area (Å²) in [6.07, 6.45) is 5.99. The Morgan fingerprint density at radius 3 is 2.67 bits per heavy atom. The summed E-state index contributed by atoms with van der Waals surface area (Å²) in [7, 11) is 3.41. The van der Waals surface area contributed by atoms with Gasteiger partial charge in [-0.25, -0.2) is 14.4 Å². The fourth-order valence-electron chi connectivity index (χ4n) is 4.86. The number of halogens is 1. The van der Waals surface area contributed by atoms with Crippen molar-refractivity contribution in [3.63, 3.8) is 0 Å².